The smallest absolute Gasteiger partial charge is 0.872 e. The number of aliphatic carboxylic acids is 2. The maximum Gasteiger partial charge on any atom is 2.00 e. The fourth-order valence-corrected chi connectivity index (χ4v) is 2.24. The van der Waals surface area contributed by atoms with E-state index in [1.54, 1.807) is 36.4 Å². The summed E-state index contributed by atoms with van der Waals surface area (Å²) in [7, 11) is 0. The Bertz CT molecular complexity index is 1100. The molecule has 0 unspecified atom stereocenters. The van der Waals surface area contributed by atoms with Crippen LogP contribution in [-0.4, -0.2) is 127 Å². The number of carboxylic acids is 2. The average molecular weight is 1010 g/mol. The molecule has 30 nitrogen and oxygen atoms in total. The van der Waals surface area contributed by atoms with Gasteiger partial charge in [0.05, 0.1) is 37.1 Å². The van der Waals surface area contributed by atoms with Gasteiger partial charge in [-0.2, -0.15) is 0 Å². The third kappa shape index (κ3) is 61.5. The molecule has 2 atom stereocenters. The minimum atomic E-state index is -1.43. The van der Waals surface area contributed by atoms with Gasteiger partial charge in [0.25, 0.3) is 0 Å². The topological polar surface area (TPSA) is 798 Å². The molecular weight excluding hydrogens is 946 g/mol. The molecule has 33 heteroatoms. The number of carbonyl (C=O) groups is 2. The summed E-state index contributed by atoms with van der Waals surface area (Å²) in [6, 6.07) is 10.8. The molecule has 57 heavy (non-hydrogen) atoms. The molecule has 362 valence electrons. The van der Waals surface area contributed by atoms with Crippen LogP contribution in [0.4, 0.5) is 0 Å². The van der Waals surface area contributed by atoms with E-state index in [9.17, 15) is 40.2 Å². The first-order chi connectivity index (χ1) is 17.0. The number of rotatable bonds is 10. The van der Waals surface area contributed by atoms with E-state index in [0.29, 0.717) is 11.1 Å². The molecule has 0 heterocycles. The Morgan fingerprint density at radius 2 is 0.719 bits per heavy atom. The number of hydrogen-bond donors (Lipinski definition) is 0. The third-order valence-corrected chi connectivity index (χ3v) is 4.16. The second-order valence-electron chi connectivity index (χ2n) is 7.04. The Morgan fingerprint density at radius 1 is 0.509 bits per heavy atom. The number of carbonyl (C=O) groups excluding carboxylic acids is 2. The second kappa shape index (κ2) is 76.7. The van der Waals surface area contributed by atoms with Crippen LogP contribution in [0, 0.1) is 0 Å². The van der Waals surface area contributed by atoms with E-state index in [1.165, 1.54) is 38.4 Å². The summed E-state index contributed by atoms with van der Waals surface area (Å²) in [6.45, 7) is 1.56. The van der Waals surface area contributed by atoms with Gasteiger partial charge in [0.2, 0.25) is 0 Å². The van der Waals surface area contributed by atoms with E-state index in [0.717, 1.165) is 0 Å². The standard InChI is InChI=1S/2C12H14N2O4.2Cu.Ni.18H2O/c2*1-8(12(18)14-7-11(16)17)13-6-9-4-2-3-5-10(9)15;;;;;;;;;;;;;;;;;;;;;/h2*2-6,8,15H,7H2,1H3,(H,14,18)(H,16,17);;;;18*1H2/q;;3*+2;;;;;;;;;;;;;;;;;;/t2*8-;;;;;;;;;;;;;;;;;;;;;/m10...................../s1. The first-order valence-electron chi connectivity index (χ1n) is 10.4. The van der Waals surface area contributed by atoms with E-state index in [2.05, 4.69) is 20.0 Å². The zero-order chi connectivity index (χ0) is 27.1. The molecule has 0 aliphatic rings. The van der Waals surface area contributed by atoms with E-state index in [1.807, 2.05) is 0 Å². The molecule has 0 fully saturated rings. The van der Waals surface area contributed by atoms with Gasteiger partial charge in [0.15, 0.2) is 0 Å². The quantitative estimate of drug-likeness (QED) is 0.0950. The molecule has 0 amide bonds. The second-order valence-corrected chi connectivity index (χ2v) is 7.04. The predicted molar refractivity (Wildman–Crippen MR) is 193 cm³/mol. The van der Waals surface area contributed by atoms with Gasteiger partial charge < -0.3 is 139 Å². The SMILES string of the molecule is C[C@@H](N=Cc1ccccc1[O-])C([O-])=NCC(=O)[O-].C[C@H](N=Cc1ccccc1[O-])C([O-])=NCC(=O)[O-].O.O.O.O.O.O.O.O.O.O.O.O.[Cu+2].[Cu+2].[Ni+2].[OH3+].[OH3+].[OH3+].[OH3+].[OH3+].[OH3+]. The summed E-state index contributed by atoms with van der Waals surface area (Å²) in [4.78, 5) is 34.5. The Morgan fingerprint density at radius 3 is 0.912 bits per heavy atom. The van der Waals surface area contributed by atoms with Crippen molar-refractivity contribution in [3.05, 3.63) is 59.7 Å². The molecule has 2 aromatic rings. The number of benzene rings is 2. The number of carboxylic acid groups (broad SMARTS) is 2. The first kappa shape index (κ1) is 140. The van der Waals surface area contributed by atoms with Crippen LogP contribution in [0.2, 0.25) is 0 Å². The van der Waals surface area contributed by atoms with Crippen molar-refractivity contribution in [2.75, 3.05) is 13.1 Å². The summed E-state index contributed by atoms with van der Waals surface area (Å²) in [5.74, 6) is -4.59. The van der Waals surface area contributed by atoms with Crippen molar-refractivity contribution in [1.82, 2.24) is 0 Å². The van der Waals surface area contributed by atoms with E-state index < -0.39 is 48.9 Å². The van der Waals surface area contributed by atoms with Crippen LogP contribution in [0.3, 0.4) is 0 Å². The van der Waals surface area contributed by atoms with Gasteiger partial charge in [0.1, 0.15) is 0 Å². The van der Waals surface area contributed by atoms with E-state index in [4.69, 9.17) is 0 Å². The molecule has 0 aliphatic carbocycles. The van der Waals surface area contributed by atoms with E-state index in [-0.39, 0.29) is 161 Å². The van der Waals surface area contributed by atoms with Crippen molar-refractivity contribution < 1.29 is 189 Å². The zero-order valence-corrected chi connectivity index (χ0v) is 32.7. The van der Waals surface area contributed by atoms with Gasteiger partial charge in [-0.25, -0.2) is 0 Å². The Labute approximate surface area is 354 Å². The van der Waals surface area contributed by atoms with Crippen LogP contribution in [0.1, 0.15) is 25.0 Å². The minimum absolute atomic E-state index is 0. The van der Waals surface area contributed by atoms with Crippen molar-refractivity contribution in [1.29, 1.82) is 0 Å². The van der Waals surface area contributed by atoms with Crippen LogP contribution in [0.5, 0.6) is 11.5 Å². The summed E-state index contributed by atoms with van der Waals surface area (Å²) < 4.78 is 0. The van der Waals surface area contributed by atoms with Crippen LogP contribution < -0.4 is 30.6 Å². The number of nitrogens with zero attached hydrogens (tertiary/aromatic N) is 4. The van der Waals surface area contributed by atoms with Crippen molar-refractivity contribution >= 4 is 36.2 Å². The third-order valence-electron chi connectivity index (χ3n) is 4.16. The molecule has 2 rings (SSSR count). The molecule has 42 N–H and O–H groups in total. The van der Waals surface area contributed by atoms with Crippen LogP contribution in [0.25, 0.3) is 0 Å². The molecule has 0 spiro atoms. The maximum absolute atomic E-state index is 11.3. The molecule has 0 saturated heterocycles. The van der Waals surface area contributed by atoms with Gasteiger partial charge in [-0.1, -0.05) is 48.5 Å². The summed E-state index contributed by atoms with van der Waals surface area (Å²) >= 11 is 0. The van der Waals surface area contributed by atoms with Crippen molar-refractivity contribution in [2.24, 2.45) is 20.0 Å². The monoisotopic (exact) mass is 1010 g/mol. The van der Waals surface area contributed by atoms with Crippen LogP contribution in [-0.2, 0) is 93.1 Å². The Hall–Kier alpha value is -3.93. The number of aliphatic imine (C=N–C) groups is 4. The molecule has 2 radical (unpaired) electrons. The average Bonchev–Trinajstić information content (AvgIpc) is 2.84. The largest absolute Gasteiger partial charge is 2.00 e. The molecule has 0 bridgehead atoms. The van der Waals surface area contributed by atoms with Gasteiger partial charge in [0, 0.05) is 12.4 Å². The van der Waals surface area contributed by atoms with Gasteiger partial charge in [-0.15, -0.1) is 11.5 Å². The normalized spacial score (nSPS) is 8.67. The molecule has 2 aromatic carbocycles. The van der Waals surface area contributed by atoms with Crippen molar-refractivity contribution in [3.63, 3.8) is 0 Å². The van der Waals surface area contributed by atoms with Crippen molar-refractivity contribution in [2.45, 2.75) is 25.9 Å². The first-order valence-corrected chi connectivity index (χ1v) is 10.4. The minimum Gasteiger partial charge on any atom is -0.872 e. The van der Waals surface area contributed by atoms with Crippen LogP contribution in [0.15, 0.2) is 68.5 Å². The predicted octanol–water partition coefficient (Wildman–Crippen LogP) is -19.3. The number of hydrogen-bond acceptors (Lipinski definition) is 12. The number of para-hydroxylation sites is 2. The fraction of sp³-hybridized carbons (Fsp3) is 0.250. The zero-order valence-electron chi connectivity index (χ0n) is 29.8. The molecule has 0 aliphatic heterocycles. The maximum atomic E-state index is 11.3. The molecule has 0 aromatic heterocycles. The van der Waals surface area contributed by atoms with Gasteiger partial charge in [-0.3, -0.25) is 20.0 Å². The Kier molecular flexibility index (Phi) is 188. The summed E-state index contributed by atoms with van der Waals surface area (Å²) in [5.41, 5.74) is 0.717. The van der Waals surface area contributed by atoms with E-state index >= 15 is 0 Å². The van der Waals surface area contributed by atoms with Crippen LogP contribution >= 0.6 is 0 Å². The summed E-state index contributed by atoms with van der Waals surface area (Å²) in [5, 5.41) is 65.5. The van der Waals surface area contributed by atoms with Gasteiger partial charge >= 0.3 is 50.6 Å². The summed E-state index contributed by atoms with van der Waals surface area (Å²) in [6.07, 6.45) is 2.55. The van der Waals surface area contributed by atoms with Crippen molar-refractivity contribution in [3.8, 4) is 11.5 Å². The fourth-order valence-electron chi connectivity index (χ4n) is 2.24. The van der Waals surface area contributed by atoms with Gasteiger partial charge in [-0.05, 0) is 36.8 Å². The Balaban J connectivity index is -0.0000000175. The molecule has 0 saturated carbocycles. The molecular formula is C24H64Cu2N4NiO26+6.